The molecule has 22 heavy (non-hydrogen) atoms. The van der Waals surface area contributed by atoms with E-state index in [4.69, 9.17) is 0 Å². The van der Waals surface area contributed by atoms with Gasteiger partial charge in [0.15, 0.2) is 0 Å². The van der Waals surface area contributed by atoms with Gasteiger partial charge in [-0.2, -0.15) is 0 Å². The molecule has 0 saturated heterocycles. The molecule has 0 aliphatic heterocycles. The summed E-state index contributed by atoms with van der Waals surface area (Å²) in [5, 5.41) is 25.7. The minimum absolute atomic E-state index is 0.517. The summed E-state index contributed by atoms with van der Waals surface area (Å²) in [4.78, 5) is 0. The molecule has 0 aromatic heterocycles. The molecule has 0 radical (unpaired) electrons. The van der Waals surface area contributed by atoms with Gasteiger partial charge in [0.05, 0.1) is 0 Å². The Morgan fingerprint density at radius 2 is 1.18 bits per heavy atom. The Morgan fingerprint density at radius 3 is 1.82 bits per heavy atom. The first-order valence-electron chi connectivity index (χ1n) is 7.35. The van der Waals surface area contributed by atoms with Crippen LogP contribution in [-0.4, -0.2) is 17.2 Å². The lowest BCUT2D eigenvalue weighted by molar-refractivity contribution is 0.426. The number of rotatable bonds is 1. The Labute approximate surface area is 128 Å². The Kier molecular flexibility index (Phi) is 2.93. The molecule has 0 aliphatic rings. The van der Waals surface area contributed by atoms with Gasteiger partial charge in [-0.3, -0.25) is 0 Å². The Hall–Kier alpha value is -2.36. The summed E-state index contributed by atoms with van der Waals surface area (Å²) in [6, 6.07) is 20.5. The van der Waals surface area contributed by atoms with Crippen LogP contribution in [0.25, 0.3) is 32.3 Å². The summed E-state index contributed by atoms with van der Waals surface area (Å²) in [6.07, 6.45) is 0. The van der Waals surface area contributed by atoms with Crippen molar-refractivity contribution in [2.45, 2.75) is 6.92 Å². The summed E-state index contributed by atoms with van der Waals surface area (Å²) in [7, 11) is -1.43. The first-order valence-corrected chi connectivity index (χ1v) is 7.35. The van der Waals surface area contributed by atoms with Crippen molar-refractivity contribution in [1.29, 1.82) is 0 Å². The van der Waals surface area contributed by atoms with Gasteiger partial charge in [0.25, 0.3) is 0 Å². The number of aryl methyl sites for hydroxylation is 1. The van der Waals surface area contributed by atoms with E-state index in [2.05, 4.69) is 43.3 Å². The fourth-order valence-corrected chi connectivity index (χ4v) is 3.19. The quantitative estimate of drug-likeness (QED) is 0.417. The van der Waals surface area contributed by atoms with Crippen molar-refractivity contribution in [3.05, 3.63) is 66.2 Å². The molecule has 0 amide bonds. The molecule has 4 aromatic carbocycles. The van der Waals surface area contributed by atoms with Gasteiger partial charge in [0.2, 0.25) is 0 Å². The predicted molar refractivity (Wildman–Crippen MR) is 93.5 cm³/mol. The summed E-state index contributed by atoms with van der Waals surface area (Å²) in [6.45, 7) is 2.10. The second-order valence-corrected chi connectivity index (χ2v) is 5.81. The molecule has 0 saturated carbocycles. The summed E-state index contributed by atoms with van der Waals surface area (Å²) >= 11 is 0. The molecular weight excluding hydrogens is 271 g/mol. The summed E-state index contributed by atoms with van der Waals surface area (Å²) in [5.41, 5.74) is 1.78. The van der Waals surface area contributed by atoms with E-state index in [1.165, 1.54) is 27.1 Å². The average molecular weight is 286 g/mol. The van der Waals surface area contributed by atoms with Gasteiger partial charge >= 0.3 is 7.12 Å². The molecule has 4 aromatic rings. The number of fused-ring (bicyclic) bond motifs is 5. The van der Waals surface area contributed by atoms with Gasteiger partial charge < -0.3 is 10.0 Å². The molecule has 0 fully saturated rings. The van der Waals surface area contributed by atoms with Crippen molar-refractivity contribution in [3.8, 4) is 0 Å². The third-order valence-electron chi connectivity index (χ3n) is 4.31. The van der Waals surface area contributed by atoms with Crippen LogP contribution in [0.4, 0.5) is 0 Å². The highest BCUT2D eigenvalue weighted by molar-refractivity contribution is 6.59. The second-order valence-electron chi connectivity index (χ2n) is 5.81. The van der Waals surface area contributed by atoms with Gasteiger partial charge in [-0.05, 0) is 44.7 Å². The van der Waals surface area contributed by atoms with Crippen molar-refractivity contribution in [1.82, 2.24) is 0 Å². The van der Waals surface area contributed by atoms with E-state index in [1.54, 1.807) is 6.07 Å². The zero-order valence-electron chi connectivity index (χ0n) is 12.2. The maximum Gasteiger partial charge on any atom is 0.488 e. The Balaban J connectivity index is 2.10. The van der Waals surface area contributed by atoms with E-state index in [0.29, 0.717) is 5.46 Å². The fraction of sp³-hybridized carbons (Fsp3) is 0.0526. The highest BCUT2D eigenvalue weighted by atomic mass is 16.4. The van der Waals surface area contributed by atoms with Crippen LogP contribution in [-0.2, 0) is 0 Å². The van der Waals surface area contributed by atoms with Gasteiger partial charge in [-0.25, -0.2) is 0 Å². The zero-order chi connectivity index (χ0) is 15.3. The highest BCUT2D eigenvalue weighted by Crippen LogP contribution is 2.31. The molecule has 2 N–H and O–H groups in total. The van der Waals surface area contributed by atoms with Gasteiger partial charge in [0.1, 0.15) is 0 Å². The maximum atomic E-state index is 9.32. The molecule has 4 rings (SSSR count). The third kappa shape index (κ3) is 1.98. The lowest BCUT2D eigenvalue weighted by Gasteiger charge is -2.09. The first kappa shape index (κ1) is 13.3. The first-order chi connectivity index (χ1) is 10.6. The molecule has 0 heterocycles. The Bertz CT molecular complexity index is 1020. The van der Waals surface area contributed by atoms with E-state index < -0.39 is 7.12 Å². The largest absolute Gasteiger partial charge is 0.488 e. The van der Waals surface area contributed by atoms with Gasteiger partial charge in [0, 0.05) is 0 Å². The molecule has 0 atom stereocenters. The number of hydrogen-bond acceptors (Lipinski definition) is 2. The highest BCUT2D eigenvalue weighted by Gasteiger charge is 2.12. The molecule has 106 valence electrons. The van der Waals surface area contributed by atoms with Crippen molar-refractivity contribution in [2.24, 2.45) is 0 Å². The smallest absolute Gasteiger partial charge is 0.423 e. The van der Waals surface area contributed by atoms with Crippen LogP contribution in [0, 0.1) is 6.92 Å². The maximum absolute atomic E-state index is 9.32. The lowest BCUT2D eigenvalue weighted by atomic mass is 9.79. The van der Waals surface area contributed by atoms with E-state index in [1.807, 2.05) is 18.2 Å². The van der Waals surface area contributed by atoms with Crippen molar-refractivity contribution >= 4 is 44.9 Å². The normalized spacial score (nSPS) is 11.4. The molecule has 2 nitrogen and oxygen atoms in total. The van der Waals surface area contributed by atoms with E-state index in [-0.39, 0.29) is 0 Å². The summed E-state index contributed by atoms with van der Waals surface area (Å²) < 4.78 is 0. The standard InChI is InChI=1S/C19H15BO2/c1-12-2-6-16-13(10-12)3-7-19-17-9-5-15(20(21)22)11-14(17)4-8-18(16)19/h2-11,21-22H,1H3. The molecule has 0 spiro atoms. The third-order valence-corrected chi connectivity index (χ3v) is 4.31. The Morgan fingerprint density at radius 1 is 0.636 bits per heavy atom. The predicted octanol–water partition coefficient (Wildman–Crippen LogP) is 3.13. The van der Waals surface area contributed by atoms with Crippen LogP contribution >= 0.6 is 0 Å². The second kappa shape index (κ2) is 4.84. The van der Waals surface area contributed by atoms with Crippen LogP contribution in [0.5, 0.6) is 0 Å². The van der Waals surface area contributed by atoms with Crippen LogP contribution in [0.1, 0.15) is 5.56 Å². The summed E-state index contributed by atoms with van der Waals surface area (Å²) in [5.74, 6) is 0. The molecule has 0 unspecified atom stereocenters. The van der Waals surface area contributed by atoms with Gasteiger partial charge in [-0.15, -0.1) is 0 Å². The van der Waals surface area contributed by atoms with E-state index >= 15 is 0 Å². The molecule has 3 heteroatoms. The minimum atomic E-state index is -1.43. The van der Waals surface area contributed by atoms with Crippen LogP contribution in [0.15, 0.2) is 60.7 Å². The number of benzene rings is 4. The average Bonchev–Trinajstić information content (AvgIpc) is 2.53. The van der Waals surface area contributed by atoms with E-state index in [9.17, 15) is 10.0 Å². The lowest BCUT2D eigenvalue weighted by Crippen LogP contribution is -2.29. The van der Waals surface area contributed by atoms with Crippen molar-refractivity contribution in [3.63, 3.8) is 0 Å². The van der Waals surface area contributed by atoms with Crippen LogP contribution < -0.4 is 5.46 Å². The molecule has 0 aliphatic carbocycles. The number of hydrogen-bond donors (Lipinski definition) is 2. The van der Waals surface area contributed by atoms with E-state index in [0.717, 1.165) is 10.8 Å². The van der Waals surface area contributed by atoms with Crippen LogP contribution in [0.2, 0.25) is 0 Å². The monoisotopic (exact) mass is 286 g/mol. The fourth-order valence-electron chi connectivity index (χ4n) is 3.19. The topological polar surface area (TPSA) is 40.5 Å². The SMILES string of the molecule is Cc1ccc2c(ccc3c4ccc(B(O)O)cc4ccc23)c1. The molecule has 0 bridgehead atoms. The van der Waals surface area contributed by atoms with Gasteiger partial charge in [-0.1, -0.05) is 66.2 Å². The zero-order valence-corrected chi connectivity index (χ0v) is 12.2. The molecular formula is C19H15BO2. The van der Waals surface area contributed by atoms with Crippen molar-refractivity contribution < 1.29 is 10.0 Å². The van der Waals surface area contributed by atoms with Crippen molar-refractivity contribution in [2.75, 3.05) is 0 Å². The minimum Gasteiger partial charge on any atom is -0.423 e. The van der Waals surface area contributed by atoms with Crippen LogP contribution in [0.3, 0.4) is 0 Å².